The van der Waals surface area contributed by atoms with Crippen LogP contribution < -0.4 is 0 Å². The van der Waals surface area contributed by atoms with E-state index < -0.39 is 0 Å². The van der Waals surface area contributed by atoms with Crippen LogP contribution in [0.5, 0.6) is 0 Å². The summed E-state index contributed by atoms with van der Waals surface area (Å²) in [6.45, 7) is 29.7. The molecule has 2 aromatic rings. The number of hydrogen-bond donors (Lipinski definition) is 0. The maximum Gasteiger partial charge on any atom is 0.155 e. The fraction of sp³-hybridized carbons (Fsp3) is 0.571. The minimum Gasteiger partial charge on any atom is -0.300 e. The molecule has 3 rings (SSSR count). The quantitative estimate of drug-likeness (QED) is 0.211. The van der Waals surface area contributed by atoms with Gasteiger partial charge in [-0.2, -0.15) is 0 Å². The Hall–Kier alpha value is -2.74. The van der Waals surface area contributed by atoms with E-state index in [0.29, 0.717) is 6.42 Å². The van der Waals surface area contributed by atoms with E-state index in [4.69, 9.17) is 0 Å². The Balaban J connectivity index is 0.000000901. The molecule has 44 heavy (non-hydrogen) atoms. The van der Waals surface area contributed by atoms with Gasteiger partial charge in [-0.1, -0.05) is 136 Å². The van der Waals surface area contributed by atoms with Gasteiger partial charge in [-0.15, -0.1) is 0 Å². The molecular weight excluding hydrogens is 536 g/mol. The molecule has 0 atom stereocenters. The monoisotopic (exact) mass is 603 g/mol. The van der Waals surface area contributed by atoms with E-state index >= 15 is 0 Å². The van der Waals surface area contributed by atoms with Gasteiger partial charge in [0.25, 0.3) is 0 Å². The molecule has 0 N–H and O–H groups in total. The minimum absolute atomic E-state index is 0.190. The van der Waals surface area contributed by atoms with E-state index in [1.165, 1.54) is 52.7 Å². The fourth-order valence-electron chi connectivity index (χ4n) is 5.39. The molecule has 0 spiro atoms. The molecule has 0 amide bonds. The van der Waals surface area contributed by atoms with Crippen LogP contribution >= 0.6 is 0 Å². The lowest BCUT2D eigenvalue weighted by Crippen LogP contribution is -2.34. The molecule has 2 heteroatoms. The summed E-state index contributed by atoms with van der Waals surface area (Å²) < 4.78 is 0. The lowest BCUT2D eigenvalue weighted by molar-refractivity contribution is -0.116. The highest BCUT2D eigenvalue weighted by Gasteiger charge is 2.37. The molecule has 246 valence electrons. The van der Waals surface area contributed by atoms with Gasteiger partial charge in [-0.3, -0.25) is 9.59 Å². The van der Waals surface area contributed by atoms with E-state index in [1.54, 1.807) is 13.8 Å². The van der Waals surface area contributed by atoms with Crippen LogP contribution in [0.4, 0.5) is 0 Å². The van der Waals surface area contributed by atoms with Gasteiger partial charge in [0.15, 0.2) is 5.78 Å². The number of hydrogen-bond acceptors (Lipinski definition) is 2. The van der Waals surface area contributed by atoms with Gasteiger partial charge in [0.1, 0.15) is 5.78 Å². The predicted octanol–water partition coefficient (Wildman–Crippen LogP) is 12.0. The van der Waals surface area contributed by atoms with E-state index in [9.17, 15) is 9.59 Å². The molecule has 0 heterocycles. The fourth-order valence-corrected chi connectivity index (χ4v) is 5.39. The van der Waals surface area contributed by atoms with Crippen LogP contribution in [0.25, 0.3) is 0 Å². The highest BCUT2D eigenvalue weighted by atomic mass is 16.1. The number of aryl methyl sites for hydroxylation is 2. The molecule has 0 radical (unpaired) electrons. The average Bonchev–Trinajstić information content (AvgIpc) is 2.96. The molecule has 0 bridgehead atoms. The minimum atomic E-state index is 0.190. The van der Waals surface area contributed by atoms with Crippen LogP contribution in [0.15, 0.2) is 59.7 Å². The number of Topliss-reactive ketones (excluding diaryl/α,β-unsaturated/α-hetero) is 2. The summed E-state index contributed by atoms with van der Waals surface area (Å²) in [5.74, 6) is 0.411. The number of ketones is 2. The Morgan fingerprint density at radius 2 is 1.23 bits per heavy atom. The molecule has 0 unspecified atom stereocenters. The van der Waals surface area contributed by atoms with Crippen molar-refractivity contribution in [2.75, 3.05) is 0 Å². The summed E-state index contributed by atoms with van der Waals surface area (Å²) in [6.07, 6.45) is 12.3. The SMILES string of the molecule is CC.CCC.CCC/C(=C\C=C(/C)Cc1cc2c(cc1C)C(C)(C)CCC2(C)C)C(C)=O.CCc1ccc(CC(C)=O)cc1. The van der Waals surface area contributed by atoms with Crippen LogP contribution in [-0.4, -0.2) is 11.6 Å². The normalized spacial score (nSPS) is 14.9. The lowest BCUT2D eigenvalue weighted by Gasteiger charge is -2.42. The zero-order valence-corrected chi connectivity index (χ0v) is 31.1. The van der Waals surface area contributed by atoms with Crippen LogP contribution in [0.2, 0.25) is 0 Å². The number of rotatable bonds is 9. The van der Waals surface area contributed by atoms with Crippen molar-refractivity contribution in [2.24, 2.45) is 0 Å². The van der Waals surface area contributed by atoms with Crippen molar-refractivity contribution in [3.8, 4) is 0 Å². The van der Waals surface area contributed by atoms with Gasteiger partial charge >= 0.3 is 0 Å². The molecule has 0 saturated heterocycles. The third-order valence-corrected chi connectivity index (χ3v) is 8.20. The number of carbonyl (C=O) groups is 2. The van der Waals surface area contributed by atoms with Gasteiger partial charge in [-0.05, 0) is 110 Å². The average molecular weight is 603 g/mol. The molecule has 0 fully saturated rings. The summed E-state index contributed by atoms with van der Waals surface area (Å²) in [6, 6.07) is 13.1. The molecule has 0 aromatic heterocycles. The van der Waals surface area contributed by atoms with Crippen LogP contribution in [0.3, 0.4) is 0 Å². The molecule has 1 aliphatic carbocycles. The second-order valence-corrected chi connectivity index (χ2v) is 13.5. The van der Waals surface area contributed by atoms with E-state index in [-0.39, 0.29) is 22.4 Å². The summed E-state index contributed by atoms with van der Waals surface area (Å²) in [5, 5.41) is 0. The van der Waals surface area contributed by atoms with E-state index in [0.717, 1.165) is 36.8 Å². The van der Waals surface area contributed by atoms with Gasteiger partial charge in [-0.25, -0.2) is 0 Å². The Morgan fingerprint density at radius 3 is 1.66 bits per heavy atom. The number of benzene rings is 2. The van der Waals surface area contributed by atoms with E-state index in [2.05, 4.69) is 99.6 Å². The zero-order valence-electron chi connectivity index (χ0n) is 31.1. The molecule has 2 nitrogen and oxygen atoms in total. The molecule has 0 saturated carbocycles. The van der Waals surface area contributed by atoms with Crippen LogP contribution in [0, 0.1) is 6.92 Å². The highest BCUT2D eigenvalue weighted by Crippen LogP contribution is 2.46. The second kappa shape index (κ2) is 20.3. The zero-order chi connectivity index (χ0) is 34.1. The number of carbonyl (C=O) groups excluding carboxylic acids is 2. The first kappa shape index (κ1) is 41.3. The highest BCUT2D eigenvalue weighted by molar-refractivity contribution is 5.93. The maximum atomic E-state index is 11.8. The number of allylic oxidation sites excluding steroid dienone is 4. The Morgan fingerprint density at radius 1 is 0.750 bits per heavy atom. The van der Waals surface area contributed by atoms with E-state index in [1.807, 2.05) is 32.1 Å². The summed E-state index contributed by atoms with van der Waals surface area (Å²) in [7, 11) is 0. The lowest BCUT2D eigenvalue weighted by atomic mass is 9.62. The third-order valence-electron chi connectivity index (χ3n) is 8.20. The summed E-state index contributed by atoms with van der Waals surface area (Å²) >= 11 is 0. The Kier molecular flexibility index (Phi) is 19.1. The first-order chi connectivity index (χ1) is 20.6. The van der Waals surface area contributed by atoms with Crippen molar-refractivity contribution < 1.29 is 9.59 Å². The first-order valence-electron chi connectivity index (χ1n) is 17.2. The Labute approximate surface area is 272 Å². The summed E-state index contributed by atoms with van der Waals surface area (Å²) in [4.78, 5) is 22.5. The molecule has 0 aliphatic heterocycles. The van der Waals surface area contributed by atoms with Crippen LogP contribution in [-0.2, 0) is 39.7 Å². The smallest absolute Gasteiger partial charge is 0.155 e. The Bertz CT molecular complexity index is 1220. The molecule has 2 aromatic carbocycles. The van der Waals surface area contributed by atoms with Gasteiger partial charge in [0.2, 0.25) is 0 Å². The van der Waals surface area contributed by atoms with Crippen molar-refractivity contribution in [1.82, 2.24) is 0 Å². The van der Waals surface area contributed by atoms with Gasteiger partial charge < -0.3 is 0 Å². The van der Waals surface area contributed by atoms with Crippen molar-refractivity contribution >= 4 is 11.6 Å². The number of fused-ring (bicyclic) bond motifs is 1. The molecule has 1 aliphatic rings. The summed E-state index contributed by atoms with van der Waals surface area (Å²) in [5.41, 5.74) is 11.0. The predicted molar refractivity (Wildman–Crippen MR) is 195 cm³/mol. The van der Waals surface area contributed by atoms with Crippen LogP contribution in [0.1, 0.15) is 155 Å². The van der Waals surface area contributed by atoms with Crippen molar-refractivity contribution in [2.45, 2.75) is 159 Å². The maximum absolute atomic E-state index is 11.8. The molecular formula is C42H66O2. The van der Waals surface area contributed by atoms with Crippen molar-refractivity contribution in [1.29, 1.82) is 0 Å². The van der Waals surface area contributed by atoms with Crippen molar-refractivity contribution in [3.63, 3.8) is 0 Å². The largest absolute Gasteiger partial charge is 0.300 e. The third kappa shape index (κ3) is 13.9. The topological polar surface area (TPSA) is 34.1 Å². The van der Waals surface area contributed by atoms with Crippen molar-refractivity contribution in [3.05, 3.63) is 93.1 Å². The first-order valence-corrected chi connectivity index (χ1v) is 17.2. The standard InChI is InChI=1S/C26H38O.C11H14O.C3H8.C2H6/c1-9-10-21(20(4)27)12-11-18(2)15-22-17-24-23(16-19(22)3)25(5,6)13-14-26(24,7)8;1-3-10-4-6-11(7-5-10)8-9(2)12;1-3-2;1-2/h11-12,16-17H,9-10,13-15H2,1-8H3;4-7H,3,8H2,1-2H3;3H2,1-2H3;1-2H3/b18-11+,21-12+;;;. The second-order valence-electron chi connectivity index (χ2n) is 13.5. The van der Waals surface area contributed by atoms with Gasteiger partial charge in [0.05, 0.1) is 0 Å². The van der Waals surface area contributed by atoms with Gasteiger partial charge in [0, 0.05) is 6.42 Å².